The van der Waals surface area contributed by atoms with Crippen molar-refractivity contribution in [3.8, 4) is 0 Å². The Morgan fingerprint density at radius 1 is 1.38 bits per heavy atom. The lowest BCUT2D eigenvalue weighted by molar-refractivity contribution is 0.170. The highest BCUT2D eigenvalue weighted by molar-refractivity contribution is 5.01. The summed E-state index contributed by atoms with van der Waals surface area (Å²) in [7, 11) is 0. The molecule has 1 fully saturated rings. The Morgan fingerprint density at radius 3 is 2.76 bits per heavy atom. The summed E-state index contributed by atoms with van der Waals surface area (Å²) >= 11 is 0. The number of hydrogen-bond acceptors (Lipinski definition) is 3. The van der Waals surface area contributed by atoms with Crippen LogP contribution in [-0.2, 0) is 6.54 Å². The first-order chi connectivity index (χ1) is 9.95. The number of nitrogens with one attached hydrogen (secondary N) is 1. The molecule has 0 aromatic carbocycles. The molecule has 1 aliphatic heterocycles. The summed E-state index contributed by atoms with van der Waals surface area (Å²) in [5, 5.41) is 8.46. The Morgan fingerprint density at radius 2 is 2.10 bits per heavy atom. The van der Waals surface area contributed by atoms with Crippen LogP contribution in [0, 0.1) is 0 Å². The van der Waals surface area contributed by atoms with Gasteiger partial charge in [0.05, 0.1) is 11.7 Å². The van der Waals surface area contributed by atoms with Crippen molar-refractivity contribution in [1.82, 2.24) is 20.0 Å². The minimum Gasteiger partial charge on any atom is -0.310 e. The molecule has 1 aromatic heterocycles. The lowest BCUT2D eigenvalue weighted by Crippen LogP contribution is -2.47. The van der Waals surface area contributed by atoms with Crippen LogP contribution < -0.4 is 5.32 Å². The van der Waals surface area contributed by atoms with Gasteiger partial charge in [-0.05, 0) is 52.6 Å². The molecule has 2 rings (SSSR count). The van der Waals surface area contributed by atoms with E-state index in [0.29, 0.717) is 12.1 Å². The Balaban J connectivity index is 2.05. The molecule has 0 saturated carbocycles. The van der Waals surface area contributed by atoms with Gasteiger partial charge in [0.1, 0.15) is 0 Å². The second kappa shape index (κ2) is 6.93. The minimum absolute atomic E-state index is 0.183. The van der Waals surface area contributed by atoms with Crippen LogP contribution in [0.5, 0.6) is 0 Å². The van der Waals surface area contributed by atoms with E-state index in [1.54, 1.807) is 0 Å². The fourth-order valence-electron chi connectivity index (χ4n) is 3.27. The first kappa shape index (κ1) is 16.5. The average molecular weight is 292 g/mol. The highest BCUT2D eigenvalue weighted by Crippen LogP contribution is 2.19. The maximum atomic E-state index is 4.81. The van der Waals surface area contributed by atoms with Crippen LogP contribution in [0.25, 0.3) is 0 Å². The normalized spacial score (nSPS) is 23.4. The molecule has 1 unspecified atom stereocenters. The summed E-state index contributed by atoms with van der Waals surface area (Å²) in [6.45, 7) is 14.5. The largest absolute Gasteiger partial charge is 0.310 e. The van der Waals surface area contributed by atoms with E-state index in [-0.39, 0.29) is 5.54 Å². The van der Waals surface area contributed by atoms with Crippen LogP contribution in [0.4, 0.5) is 0 Å². The van der Waals surface area contributed by atoms with Crippen molar-refractivity contribution in [2.45, 2.75) is 78.0 Å². The van der Waals surface area contributed by atoms with Gasteiger partial charge in [-0.1, -0.05) is 13.8 Å². The Labute approximate surface area is 129 Å². The molecule has 4 nitrogen and oxygen atoms in total. The molecule has 4 heteroatoms. The molecule has 120 valence electrons. The van der Waals surface area contributed by atoms with Crippen LogP contribution >= 0.6 is 0 Å². The molecular formula is C17H32N4. The highest BCUT2D eigenvalue weighted by atomic mass is 15.3. The van der Waals surface area contributed by atoms with Crippen molar-refractivity contribution in [1.29, 1.82) is 0 Å². The van der Waals surface area contributed by atoms with Gasteiger partial charge in [-0.2, -0.15) is 5.10 Å². The van der Waals surface area contributed by atoms with Gasteiger partial charge in [-0.3, -0.25) is 9.58 Å². The van der Waals surface area contributed by atoms with Gasteiger partial charge in [0.15, 0.2) is 0 Å². The standard InChI is InChI=1S/C17H32N4/c1-6-16(7-2)21-11-9-15(19-21)12-20-13-17(4,5)18-10-8-14(20)3/h9,11,14,16,18H,6-8,10,12-13H2,1-5H3. The number of nitrogens with zero attached hydrogens (tertiary/aromatic N) is 3. The summed E-state index contributed by atoms with van der Waals surface area (Å²) in [5.41, 5.74) is 1.38. The topological polar surface area (TPSA) is 33.1 Å². The third-order valence-corrected chi connectivity index (χ3v) is 4.73. The van der Waals surface area contributed by atoms with Crippen molar-refractivity contribution in [2.75, 3.05) is 13.1 Å². The second-order valence-electron chi connectivity index (χ2n) is 7.11. The van der Waals surface area contributed by atoms with Gasteiger partial charge in [0.2, 0.25) is 0 Å². The SMILES string of the molecule is CCC(CC)n1ccc(CN2CC(C)(C)NCCC2C)n1. The third kappa shape index (κ3) is 4.30. The molecule has 1 saturated heterocycles. The van der Waals surface area contributed by atoms with Crippen LogP contribution in [0.1, 0.15) is 65.6 Å². The fourth-order valence-corrected chi connectivity index (χ4v) is 3.27. The van der Waals surface area contributed by atoms with Gasteiger partial charge < -0.3 is 5.32 Å². The molecular weight excluding hydrogens is 260 g/mol. The average Bonchev–Trinajstić information content (AvgIpc) is 2.82. The van der Waals surface area contributed by atoms with Crippen molar-refractivity contribution < 1.29 is 0 Å². The van der Waals surface area contributed by atoms with Crippen molar-refractivity contribution in [3.63, 3.8) is 0 Å². The maximum absolute atomic E-state index is 4.81. The van der Waals surface area contributed by atoms with E-state index in [0.717, 1.165) is 32.5 Å². The van der Waals surface area contributed by atoms with Crippen molar-refractivity contribution >= 4 is 0 Å². The van der Waals surface area contributed by atoms with Gasteiger partial charge in [-0.25, -0.2) is 0 Å². The van der Waals surface area contributed by atoms with Gasteiger partial charge in [-0.15, -0.1) is 0 Å². The molecule has 2 heterocycles. The van der Waals surface area contributed by atoms with Crippen LogP contribution in [-0.4, -0.2) is 39.4 Å². The molecule has 0 spiro atoms. The minimum atomic E-state index is 0.183. The molecule has 0 amide bonds. The van der Waals surface area contributed by atoms with Crippen molar-refractivity contribution in [2.24, 2.45) is 0 Å². The van der Waals surface area contributed by atoms with Crippen LogP contribution in [0.2, 0.25) is 0 Å². The van der Waals surface area contributed by atoms with E-state index in [1.165, 1.54) is 12.1 Å². The lowest BCUT2D eigenvalue weighted by atomic mass is 10.1. The Bertz CT molecular complexity index is 434. The zero-order chi connectivity index (χ0) is 15.5. The number of hydrogen-bond donors (Lipinski definition) is 1. The van der Waals surface area contributed by atoms with E-state index >= 15 is 0 Å². The molecule has 21 heavy (non-hydrogen) atoms. The zero-order valence-electron chi connectivity index (χ0n) is 14.4. The Kier molecular flexibility index (Phi) is 5.44. The molecule has 1 aliphatic rings. The molecule has 1 aromatic rings. The van der Waals surface area contributed by atoms with Gasteiger partial charge in [0.25, 0.3) is 0 Å². The van der Waals surface area contributed by atoms with Gasteiger partial charge in [0, 0.05) is 30.9 Å². The zero-order valence-corrected chi connectivity index (χ0v) is 14.4. The lowest BCUT2D eigenvalue weighted by Gasteiger charge is -2.32. The molecule has 1 N–H and O–H groups in total. The third-order valence-electron chi connectivity index (χ3n) is 4.73. The summed E-state index contributed by atoms with van der Waals surface area (Å²) in [4.78, 5) is 2.57. The van der Waals surface area contributed by atoms with Crippen LogP contribution in [0.15, 0.2) is 12.3 Å². The first-order valence-corrected chi connectivity index (χ1v) is 8.48. The van der Waals surface area contributed by atoms with Gasteiger partial charge >= 0.3 is 0 Å². The van der Waals surface area contributed by atoms with E-state index in [4.69, 9.17) is 5.10 Å². The number of aromatic nitrogens is 2. The summed E-state index contributed by atoms with van der Waals surface area (Å²) in [6, 6.07) is 3.34. The van der Waals surface area contributed by atoms with E-state index in [2.05, 4.69) is 61.8 Å². The predicted octanol–water partition coefficient (Wildman–Crippen LogP) is 3.21. The summed E-state index contributed by atoms with van der Waals surface area (Å²) < 4.78 is 2.15. The molecule has 0 aliphatic carbocycles. The first-order valence-electron chi connectivity index (χ1n) is 8.48. The van der Waals surface area contributed by atoms with Crippen LogP contribution in [0.3, 0.4) is 0 Å². The summed E-state index contributed by atoms with van der Waals surface area (Å²) in [6.07, 6.45) is 5.65. The molecule has 1 atom stereocenters. The summed E-state index contributed by atoms with van der Waals surface area (Å²) in [5.74, 6) is 0. The number of rotatable bonds is 5. The monoisotopic (exact) mass is 292 g/mol. The quantitative estimate of drug-likeness (QED) is 0.904. The molecule has 0 bridgehead atoms. The van der Waals surface area contributed by atoms with E-state index < -0.39 is 0 Å². The fraction of sp³-hybridized carbons (Fsp3) is 0.824. The smallest absolute Gasteiger partial charge is 0.0765 e. The second-order valence-corrected chi connectivity index (χ2v) is 7.11. The predicted molar refractivity (Wildman–Crippen MR) is 88.4 cm³/mol. The molecule has 0 radical (unpaired) electrons. The van der Waals surface area contributed by atoms with Crippen molar-refractivity contribution in [3.05, 3.63) is 18.0 Å². The van der Waals surface area contributed by atoms with E-state index in [1.807, 2.05) is 0 Å². The highest BCUT2D eigenvalue weighted by Gasteiger charge is 2.28. The van der Waals surface area contributed by atoms with E-state index in [9.17, 15) is 0 Å². The maximum Gasteiger partial charge on any atom is 0.0765 e. The Hall–Kier alpha value is -0.870.